The number of ether oxygens (including phenoxy) is 1. The van der Waals surface area contributed by atoms with Crippen LogP contribution in [0.3, 0.4) is 0 Å². The lowest BCUT2D eigenvalue weighted by molar-refractivity contribution is -0.172. The molecule has 1 saturated carbocycles. The summed E-state index contributed by atoms with van der Waals surface area (Å²) >= 11 is 0. The predicted molar refractivity (Wildman–Crippen MR) is 239 cm³/mol. The molecule has 0 spiro atoms. The Kier molecular flexibility index (Phi) is 12.2. The van der Waals surface area contributed by atoms with E-state index in [-0.39, 0.29) is 78.9 Å². The Balaban J connectivity index is 0.711. The van der Waals surface area contributed by atoms with Gasteiger partial charge in [-0.1, -0.05) is 45.6 Å². The molecular weight excluding hydrogens is 886 g/mol. The number of carbonyl (C=O) groups is 6. The SMILES string of the molecule is CC1(C)C(NC(=O)c2ccc(C#CC3CCN(C4CCN(C(=O)CNc5cccc6c5C(=O)N(C5CCC(=O)NC5=O)C6=O)CC4)CC3)cc2)C(C)(C)C1OC1=Nn2c(nnc2C(F)(F)F)CC1. The second-order valence-corrected chi connectivity index (χ2v) is 19.6. The smallest absolute Gasteiger partial charge is 0.453 e. The molecule has 358 valence electrons. The number of anilines is 1. The molecule has 3 aromatic rings. The first-order chi connectivity index (χ1) is 32.3. The highest BCUT2D eigenvalue weighted by molar-refractivity contribution is 6.25. The number of imide groups is 2. The number of benzene rings is 2. The van der Waals surface area contributed by atoms with Gasteiger partial charge < -0.3 is 25.2 Å². The minimum absolute atomic E-state index is 0.0249. The number of alkyl halides is 3. The summed E-state index contributed by atoms with van der Waals surface area (Å²) in [6.45, 7) is 10.7. The van der Waals surface area contributed by atoms with Crippen molar-refractivity contribution in [2.24, 2.45) is 21.8 Å². The molecule has 0 radical (unpaired) electrons. The van der Waals surface area contributed by atoms with E-state index in [9.17, 15) is 41.9 Å². The largest absolute Gasteiger partial charge is 0.475 e. The number of carbonyl (C=O) groups excluding carboxylic acids is 6. The second kappa shape index (κ2) is 17.8. The standard InChI is InChI=1S/C48H53F3N10O7/c1-46(2)43(47(3,4)44(46)68-36-17-15-34-55-56-45(48(49,50)51)61(34)57-36)54-39(64)29-12-10-27(11-13-29)8-9-28-18-22-58(23-19-28)30-20-24-59(25-21-30)37(63)26-52-32-7-5-6-31-38(32)42(67)60(41(31)66)33-14-16-35(62)53-40(33)65/h5-7,10-13,28,30,33,43-44,52H,14-26H2,1-4H3,(H,54,64)(H,53,62,65). The molecule has 3 N–H and O–H groups in total. The zero-order valence-electron chi connectivity index (χ0n) is 38.2. The molecule has 4 fully saturated rings. The third-order valence-electron chi connectivity index (χ3n) is 14.4. The molecule has 6 amide bonds. The maximum atomic E-state index is 13.5. The first-order valence-corrected chi connectivity index (χ1v) is 23.1. The molecule has 1 unspecified atom stereocenters. The van der Waals surface area contributed by atoms with Crippen LogP contribution in [0, 0.1) is 28.6 Å². The van der Waals surface area contributed by atoms with Crippen LogP contribution in [0.2, 0.25) is 0 Å². The van der Waals surface area contributed by atoms with E-state index >= 15 is 0 Å². The van der Waals surface area contributed by atoms with Crippen molar-refractivity contribution >= 4 is 47.0 Å². The Hall–Kier alpha value is -6.62. The average molecular weight is 939 g/mol. The van der Waals surface area contributed by atoms with Gasteiger partial charge in [-0.25, -0.2) is 0 Å². The normalized spacial score (nSPS) is 23.9. The minimum atomic E-state index is -4.71. The summed E-state index contributed by atoms with van der Waals surface area (Å²) in [5.74, 6) is 3.30. The maximum Gasteiger partial charge on any atom is 0.453 e. The monoisotopic (exact) mass is 938 g/mol. The lowest BCUT2D eigenvalue weighted by Gasteiger charge is -2.63. The average Bonchev–Trinajstić information content (AvgIpc) is 3.86. The Labute approximate surface area is 390 Å². The molecule has 2 aromatic carbocycles. The van der Waals surface area contributed by atoms with Crippen LogP contribution < -0.4 is 16.0 Å². The molecule has 0 bridgehead atoms. The van der Waals surface area contributed by atoms with Crippen molar-refractivity contribution < 1.29 is 46.7 Å². The van der Waals surface area contributed by atoms with Crippen LogP contribution in [-0.4, -0.2) is 128 Å². The highest BCUT2D eigenvalue weighted by atomic mass is 19.4. The van der Waals surface area contributed by atoms with Crippen molar-refractivity contribution in [3.05, 3.63) is 76.4 Å². The fraction of sp³-hybridized carbons (Fsp3) is 0.521. The first kappa shape index (κ1) is 46.5. The van der Waals surface area contributed by atoms with E-state index in [4.69, 9.17) is 4.74 Å². The fourth-order valence-corrected chi connectivity index (χ4v) is 11.1. The van der Waals surface area contributed by atoms with Crippen molar-refractivity contribution in [3.8, 4) is 11.8 Å². The lowest BCUT2D eigenvalue weighted by atomic mass is 9.49. The number of hydrogen-bond donors (Lipinski definition) is 3. The molecule has 6 aliphatic rings. The highest BCUT2D eigenvalue weighted by Gasteiger charge is 2.64. The van der Waals surface area contributed by atoms with Crippen LogP contribution in [-0.2, 0) is 31.7 Å². The van der Waals surface area contributed by atoms with Gasteiger partial charge in [-0.05, 0) is 81.6 Å². The van der Waals surface area contributed by atoms with Crippen LogP contribution in [0.4, 0.5) is 18.9 Å². The van der Waals surface area contributed by atoms with E-state index in [0.717, 1.165) is 49.2 Å². The predicted octanol–water partition coefficient (Wildman–Crippen LogP) is 4.22. The van der Waals surface area contributed by atoms with E-state index in [1.165, 1.54) is 6.07 Å². The quantitative estimate of drug-likeness (QED) is 0.216. The van der Waals surface area contributed by atoms with Crippen molar-refractivity contribution in [1.29, 1.82) is 0 Å². The van der Waals surface area contributed by atoms with Crippen LogP contribution in [0.25, 0.3) is 0 Å². The van der Waals surface area contributed by atoms with Crippen LogP contribution in [0.1, 0.15) is 121 Å². The second-order valence-electron chi connectivity index (χ2n) is 19.6. The van der Waals surface area contributed by atoms with Gasteiger partial charge in [0.15, 0.2) is 5.82 Å². The number of aryl methyl sites for hydroxylation is 1. The molecule has 1 atom stereocenters. The van der Waals surface area contributed by atoms with Crippen LogP contribution in [0.15, 0.2) is 47.6 Å². The van der Waals surface area contributed by atoms with Gasteiger partial charge in [-0.15, -0.1) is 15.3 Å². The minimum Gasteiger partial charge on any atom is -0.475 e. The van der Waals surface area contributed by atoms with Gasteiger partial charge in [-0.3, -0.25) is 39.0 Å². The van der Waals surface area contributed by atoms with E-state index in [1.54, 1.807) is 24.3 Å². The Morgan fingerprint density at radius 1 is 0.868 bits per heavy atom. The molecule has 1 aliphatic carbocycles. The number of aromatic nitrogens is 3. The molecule has 68 heavy (non-hydrogen) atoms. The van der Waals surface area contributed by atoms with Gasteiger partial charge in [0.1, 0.15) is 12.1 Å². The molecule has 5 aliphatic heterocycles. The van der Waals surface area contributed by atoms with Gasteiger partial charge >= 0.3 is 6.18 Å². The number of nitrogens with one attached hydrogen (secondary N) is 3. The van der Waals surface area contributed by atoms with Crippen molar-refractivity contribution in [3.63, 3.8) is 0 Å². The lowest BCUT2D eigenvalue weighted by Crippen LogP contribution is -2.74. The number of nitrogens with zero attached hydrogens (tertiary/aromatic N) is 7. The van der Waals surface area contributed by atoms with E-state index < -0.39 is 58.6 Å². The number of rotatable bonds is 8. The van der Waals surface area contributed by atoms with Gasteiger partial charge in [0.2, 0.25) is 23.6 Å². The number of piperidine rings is 3. The van der Waals surface area contributed by atoms with Gasteiger partial charge in [-0.2, -0.15) is 17.8 Å². The zero-order valence-corrected chi connectivity index (χ0v) is 38.2. The highest BCUT2D eigenvalue weighted by Crippen LogP contribution is 2.56. The fourth-order valence-electron chi connectivity index (χ4n) is 11.1. The van der Waals surface area contributed by atoms with Crippen LogP contribution >= 0.6 is 0 Å². The Bertz CT molecular complexity index is 2640. The topological polar surface area (TPSA) is 201 Å². The number of amides is 6. The van der Waals surface area contributed by atoms with E-state index in [1.807, 2.05) is 44.7 Å². The molecule has 20 heteroatoms. The maximum absolute atomic E-state index is 13.5. The summed E-state index contributed by atoms with van der Waals surface area (Å²) in [5.41, 5.74) is 0.754. The number of likely N-dealkylation sites (tertiary alicyclic amines) is 2. The summed E-state index contributed by atoms with van der Waals surface area (Å²) in [6, 6.07) is 10.9. The molecule has 17 nitrogen and oxygen atoms in total. The summed E-state index contributed by atoms with van der Waals surface area (Å²) in [4.78, 5) is 82.8. The number of hydrogen-bond acceptors (Lipinski definition) is 12. The molecule has 9 rings (SSSR count). The third kappa shape index (κ3) is 8.72. The van der Waals surface area contributed by atoms with Gasteiger partial charge in [0.05, 0.1) is 17.7 Å². The number of fused-ring (bicyclic) bond motifs is 2. The summed E-state index contributed by atoms with van der Waals surface area (Å²) < 4.78 is 47.4. The van der Waals surface area contributed by atoms with E-state index in [0.29, 0.717) is 35.1 Å². The van der Waals surface area contributed by atoms with Crippen molar-refractivity contribution in [2.75, 3.05) is 38.0 Å². The Morgan fingerprint density at radius 3 is 2.25 bits per heavy atom. The summed E-state index contributed by atoms with van der Waals surface area (Å²) in [7, 11) is 0. The van der Waals surface area contributed by atoms with Gasteiger partial charge in [0.25, 0.3) is 23.5 Å². The zero-order chi connectivity index (χ0) is 48.3. The molecule has 6 heterocycles. The van der Waals surface area contributed by atoms with Crippen LogP contribution in [0.5, 0.6) is 0 Å². The first-order valence-electron chi connectivity index (χ1n) is 23.1. The van der Waals surface area contributed by atoms with Crippen molar-refractivity contribution in [1.82, 2.24) is 40.2 Å². The Morgan fingerprint density at radius 2 is 1.57 bits per heavy atom. The molecular formula is C48H53F3N10O7. The summed E-state index contributed by atoms with van der Waals surface area (Å²) in [5, 5.41) is 19.4. The summed E-state index contributed by atoms with van der Waals surface area (Å²) in [6.07, 6.45) is -1.07. The van der Waals surface area contributed by atoms with Crippen molar-refractivity contribution in [2.45, 2.75) is 109 Å². The van der Waals surface area contributed by atoms with Gasteiger partial charge in [0, 0.05) is 78.0 Å². The third-order valence-corrected chi connectivity index (χ3v) is 14.4. The molecule has 1 aromatic heterocycles. The van der Waals surface area contributed by atoms with E-state index in [2.05, 4.69) is 48.0 Å². The number of halogens is 3. The molecule has 3 saturated heterocycles.